The van der Waals surface area contributed by atoms with Gasteiger partial charge in [-0.2, -0.15) is 0 Å². The van der Waals surface area contributed by atoms with Crippen molar-refractivity contribution >= 4 is 11.6 Å². The molecule has 19 heavy (non-hydrogen) atoms. The summed E-state index contributed by atoms with van der Waals surface area (Å²) in [4.78, 5) is 12.4. The van der Waals surface area contributed by atoms with Crippen molar-refractivity contribution in [2.45, 2.75) is 39.0 Å². The Labute approximate surface area is 115 Å². The van der Waals surface area contributed by atoms with Gasteiger partial charge in [-0.1, -0.05) is 32.4 Å². The molecule has 0 heterocycles. The molecule has 1 aliphatic rings. The zero-order valence-electron chi connectivity index (χ0n) is 12.1. The van der Waals surface area contributed by atoms with Crippen molar-refractivity contribution in [1.29, 1.82) is 0 Å². The van der Waals surface area contributed by atoms with Gasteiger partial charge in [0.2, 0.25) is 5.91 Å². The number of benzene rings is 1. The van der Waals surface area contributed by atoms with E-state index in [1.165, 1.54) is 5.56 Å². The van der Waals surface area contributed by atoms with Crippen molar-refractivity contribution < 1.29 is 4.79 Å². The van der Waals surface area contributed by atoms with Crippen LogP contribution in [-0.4, -0.2) is 19.5 Å². The van der Waals surface area contributed by atoms with Crippen LogP contribution in [0.15, 0.2) is 24.3 Å². The second kappa shape index (κ2) is 5.74. The van der Waals surface area contributed by atoms with Gasteiger partial charge in [0.25, 0.3) is 0 Å². The highest BCUT2D eigenvalue weighted by Crippen LogP contribution is 2.41. The summed E-state index contributed by atoms with van der Waals surface area (Å²) in [5, 5.41) is 6.20. The molecule has 1 saturated carbocycles. The van der Waals surface area contributed by atoms with Crippen molar-refractivity contribution in [3.8, 4) is 0 Å². The van der Waals surface area contributed by atoms with Crippen LogP contribution in [-0.2, 0) is 4.79 Å². The molecule has 3 nitrogen and oxygen atoms in total. The zero-order valence-corrected chi connectivity index (χ0v) is 12.1. The monoisotopic (exact) mass is 260 g/mol. The minimum absolute atomic E-state index is 0.158. The summed E-state index contributed by atoms with van der Waals surface area (Å²) in [6, 6.07) is 8.18. The molecule has 1 aromatic rings. The first kappa shape index (κ1) is 14.1. The maximum absolute atomic E-state index is 12.4. The largest absolute Gasteiger partial charge is 0.326 e. The maximum Gasteiger partial charge on any atom is 0.231 e. The lowest BCUT2D eigenvalue weighted by Crippen LogP contribution is -2.48. The van der Waals surface area contributed by atoms with Crippen LogP contribution in [0.25, 0.3) is 0 Å². The number of carbonyl (C=O) groups excluding carboxylic acids is 1. The van der Waals surface area contributed by atoms with Crippen molar-refractivity contribution in [1.82, 2.24) is 5.32 Å². The van der Waals surface area contributed by atoms with Crippen LogP contribution >= 0.6 is 0 Å². The first-order valence-corrected chi connectivity index (χ1v) is 7.13. The van der Waals surface area contributed by atoms with Gasteiger partial charge in [0.1, 0.15) is 0 Å². The first-order chi connectivity index (χ1) is 9.07. The van der Waals surface area contributed by atoms with Gasteiger partial charge in [-0.25, -0.2) is 0 Å². The third kappa shape index (κ3) is 2.98. The minimum Gasteiger partial charge on any atom is -0.326 e. The van der Waals surface area contributed by atoms with E-state index in [-0.39, 0.29) is 11.3 Å². The summed E-state index contributed by atoms with van der Waals surface area (Å²) < 4.78 is 0. The van der Waals surface area contributed by atoms with E-state index in [0.29, 0.717) is 5.92 Å². The molecule has 104 valence electrons. The predicted molar refractivity (Wildman–Crippen MR) is 79.4 cm³/mol. The van der Waals surface area contributed by atoms with Gasteiger partial charge < -0.3 is 10.6 Å². The van der Waals surface area contributed by atoms with E-state index >= 15 is 0 Å². The Kier molecular flexibility index (Phi) is 4.25. The van der Waals surface area contributed by atoms with Crippen LogP contribution in [0.3, 0.4) is 0 Å². The molecule has 2 rings (SSSR count). The average molecular weight is 260 g/mol. The lowest BCUT2D eigenvalue weighted by Gasteiger charge is -2.40. The van der Waals surface area contributed by atoms with Gasteiger partial charge >= 0.3 is 0 Å². The summed E-state index contributed by atoms with van der Waals surface area (Å²) in [6.07, 6.45) is 3.13. The highest BCUT2D eigenvalue weighted by atomic mass is 16.2. The summed E-state index contributed by atoms with van der Waals surface area (Å²) in [7, 11) is 1.91. The van der Waals surface area contributed by atoms with Crippen LogP contribution in [0.4, 0.5) is 5.69 Å². The third-order valence-corrected chi connectivity index (χ3v) is 4.14. The molecule has 0 radical (unpaired) electrons. The van der Waals surface area contributed by atoms with Crippen LogP contribution < -0.4 is 10.6 Å². The lowest BCUT2D eigenvalue weighted by molar-refractivity contribution is -0.129. The molecule has 1 aliphatic carbocycles. The SMILES string of the molecule is CNCC1(C(=O)Nc2ccc(C(C)C)cc2)CCC1. The fourth-order valence-corrected chi connectivity index (χ4v) is 2.64. The molecule has 0 bridgehead atoms. The lowest BCUT2D eigenvalue weighted by atomic mass is 9.68. The Hall–Kier alpha value is -1.35. The van der Waals surface area contributed by atoms with Gasteiger partial charge in [0.05, 0.1) is 5.41 Å². The summed E-state index contributed by atoms with van der Waals surface area (Å²) in [5.74, 6) is 0.678. The quantitative estimate of drug-likeness (QED) is 0.854. The Bertz CT molecular complexity index is 433. The van der Waals surface area contributed by atoms with Crippen molar-refractivity contribution in [2.24, 2.45) is 5.41 Å². The number of hydrogen-bond donors (Lipinski definition) is 2. The minimum atomic E-state index is -0.189. The van der Waals surface area contributed by atoms with Crippen molar-refractivity contribution in [2.75, 3.05) is 18.9 Å². The van der Waals surface area contributed by atoms with Gasteiger partial charge in [-0.3, -0.25) is 4.79 Å². The molecule has 0 aliphatic heterocycles. The molecule has 3 heteroatoms. The topological polar surface area (TPSA) is 41.1 Å². The molecule has 0 unspecified atom stereocenters. The number of anilines is 1. The molecule has 1 aromatic carbocycles. The second-order valence-electron chi connectivity index (χ2n) is 5.90. The highest BCUT2D eigenvalue weighted by Gasteiger charge is 2.43. The normalized spacial score (nSPS) is 17.1. The molecule has 1 amide bonds. The molecule has 0 aromatic heterocycles. The highest BCUT2D eigenvalue weighted by molar-refractivity contribution is 5.96. The molecular formula is C16H24N2O. The smallest absolute Gasteiger partial charge is 0.231 e. The average Bonchev–Trinajstić information content (AvgIpc) is 2.34. The number of rotatable bonds is 5. The van der Waals surface area contributed by atoms with E-state index in [2.05, 4.69) is 36.6 Å². The summed E-state index contributed by atoms with van der Waals surface area (Å²) in [6.45, 7) is 5.11. The van der Waals surface area contributed by atoms with Crippen LogP contribution in [0.1, 0.15) is 44.6 Å². The summed E-state index contributed by atoms with van der Waals surface area (Å²) in [5.41, 5.74) is 2.01. The fourth-order valence-electron chi connectivity index (χ4n) is 2.64. The summed E-state index contributed by atoms with van der Waals surface area (Å²) >= 11 is 0. The van der Waals surface area contributed by atoms with Gasteiger partial charge in [0.15, 0.2) is 0 Å². The zero-order chi connectivity index (χ0) is 13.9. The Balaban J connectivity index is 2.02. The first-order valence-electron chi connectivity index (χ1n) is 7.13. The Morgan fingerprint density at radius 3 is 2.32 bits per heavy atom. The van der Waals surface area contributed by atoms with Gasteiger partial charge in [-0.15, -0.1) is 0 Å². The Morgan fingerprint density at radius 2 is 1.89 bits per heavy atom. The van der Waals surface area contributed by atoms with Crippen LogP contribution in [0, 0.1) is 5.41 Å². The van der Waals surface area contributed by atoms with E-state index < -0.39 is 0 Å². The molecule has 2 N–H and O–H groups in total. The maximum atomic E-state index is 12.4. The van der Waals surface area contributed by atoms with Gasteiger partial charge in [-0.05, 0) is 43.5 Å². The number of hydrogen-bond acceptors (Lipinski definition) is 2. The number of nitrogens with one attached hydrogen (secondary N) is 2. The standard InChI is InChI=1S/C16H24N2O/c1-12(2)13-5-7-14(8-6-13)18-15(19)16(11-17-3)9-4-10-16/h5-8,12,17H,4,9-11H2,1-3H3,(H,18,19). The van der Waals surface area contributed by atoms with Crippen LogP contribution in [0.5, 0.6) is 0 Å². The number of amides is 1. The molecule has 0 saturated heterocycles. The van der Waals surface area contributed by atoms with Gasteiger partial charge in [0, 0.05) is 12.2 Å². The van der Waals surface area contributed by atoms with E-state index in [1.54, 1.807) is 0 Å². The van der Waals surface area contributed by atoms with E-state index in [4.69, 9.17) is 0 Å². The molecular weight excluding hydrogens is 236 g/mol. The third-order valence-electron chi connectivity index (χ3n) is 4.14. The number of carbonyl (C=O) groups is 1. The van der Waals surface area contributed by atoms with E-state index in [9.17, 15) is 4.79 Å². The van der Waals surface area contributed by atoms with Crippen molar-refractivity contribution in [3.05, 3.63) is 29.8 Å². The van der Waals surface area contributed by atoms with Crippen molar-refractivity contribution in [3.63, 3.8) is 0 Å². The van der Waals surface area contributed by atoms with E-state index in [1.807, 2.05) is 19.2 Å². The van der Waals surface area contributed by atoms with Crippen LogP contribution in [0.2, 0.25) is 0 Å². The Morgan fingerprint density at radius 1 is 1.26 bits per heavy atom. The predicted octanol–water partition coefficient (Wildman–Crippen LogP) is 3.14. The second-order valence-corrected chi connectivity index (χ2v) is 5.90. The molecule has 0 atom stereocenters. The van der Waals surface area contributed by atoms with E-state index in [0.717, 1.165) is 31.5 Å². The molecule has 1 fully saturated rings. The fraction of sp³-hybridized carbons (Fsp3) is 0.562. The molecule has 0 spiro atoms.